The van der Waals surface area contributed by atoms with Crippen molar-refractivity contribution in [1.82, 2.24) is 19.8 Å². The van der Waals surface area contributed by atoms with Crippen LogP contribution < -0.4 is 14.8 Å². The number of methoxy groups -OCH3 is 2. The molecule has 0 aliphatic heterocycles. The maximum absolute atomic E-state index is 12.8. The standard InChI is InChI=1S/C20H21ClN4O6S/c1-25(32(27,28)15-7-8-16(29-2)17(10-15)30-3)12-18(26)22-11-19-23-20(24-31-19)13-5-4-6-14(21)9-13/h4-10H,11-12H2,1-3H3,(H,22,26). The second kappa shape index (κ2) is 9.98. The number of halogens is 1. The minimum Gasteiger partial charge on any atom is -0.493 e. The quantitative estimate of drug-likeness (QED) is 0.495. The number of amides is 1. The summed E-state index contributed by atoms with van der Waals surface area (Å²) in [6.07, 6.45) is 0. The lowest BCUT2D eigenvalue weighted by Crippen LogP contribution is -2.38. The van der Waals surface area contributed by atoms with Crippen molar-refractivity contribution < 1.29 is 27.2 Å². The number of likely N-dealkylation sites (N-methyl/N-ethyl adjacent to an activating group) is 1. The van der Waals surface area contributed by atoms with Crippen molar-refractivity contribution in [3.8, 4) is 22.9 Å². The minimum absolute atomic E-state index is 0.0338. The van der Waals surface area contributed by atoms with Gasteiger partial charge in [0, 0.05) is 23.7 Å². The first-order chi connectivity index (χ1) is 15.2. The lowest BCUT2D eigenvalue weighted by atomic mass is 10.2. The van der Waals surface area contributed by atoms with Gasteiger partial charge in [0.1, 0.15) is 0 Å². The number of ether oxygens (including phenoxy) is 2. The van der Waals surface area contributed by atoms with Crippen molar-refractivity contribution in [2.24, 2.45) is 0 Å². The molecule has 12 heteroatoms. The van der Waals surface area contributed by atoms with Crippen LogP contribution in [0.1, 0.15) is 5.89 Å². The van der Waals surface area contributed by atoms with Crippen LogP contribution in [0.25, 0.3) is 11.4 Å². The summed E-state index contributed by atoms with van der Waals surface area (Å²) in [6.45, 7) is -0.470. The Balaban J connectivity index is 1.61. The number of carbonyl (C=O) groups is 1. The van der Waals surface area contributed by atoms with Crippen LogP contribution in [-0.2, 0) is 21.4 Å². The van der Waals surface area contributed by atoms with Crippen molar-refractivity contribution in [2.75, 3.05) is 27.8 Å². The summed E-state index contributed by atoms with van der Waals surface area (Å²) < 4.78 is 41.9. The summed E-state index contributed by atoms with van der Waals surface area (Å²) in [7, 11) is 0.215. The van der Waals surface area contributed by atoms with E-state index in [2.05, 4.69) is 15.5 Å². The number of carbonyl (C=O) groups excluding carboxylic acids is 1. The number of rotatable bonds is 9. The van der Waals surface area contributed by atoms with Gasteiger partial charge in [-0.1, -0.05) is 28.9 Å². The average Bonchev–Trinajstić information content (AvgIpc) is 3.26. The van der Waals surface area contributed by atoms with Gasteiger partial charge in [-0.3, -0.25) is 4.79 Å². The van der Waals surface area contributed by atoms with Gasteiger partial charge in [-0.2, -0.15) is 9.29 Å². The molecule has 1 heterocycles. The van der Waals surface area contributed by atoms with Crippen LogP contribution in [0.2, 0.25) is 5.02 Å². The fourth-order valence-electron chi connectivity index (χ4n) is 2.75. The van der Waals surface area contributed by atoms with E-state index < -0.39 is 22.5 Å². The zero-order chi connectivity index (χ0) is 23.3. The molecule has 0 atom stereocenters. The number of aromatic nitrogens is 2. The first-order valence-electron chi connectivity index (χ1n) is 9.28. The van der Waals surface area contributed by atoms with E-state index in [1.54, 1.807) is 24.3 Å². The molecule has 32 heavy (non-hydrogen) atoms. The lowest BCUT2D eigenvalue weighted by molar-refractivity contribution is -0.121. The third-order valence-corrected chi connectivity index (χ3v) is 6.45. The molecule has 0 radical (unpaired) electrons. The van der Waals surface area contributed by atoms with Crippen LogP contribution in [0.15, 0.2) is 51.9 Å². The van der Waals surface area contributed by atoms with Crippen LogP contribution in [0.5, 0.6) is 11.5 Å². The molecular weight excluding hydrogens is 460 g/mol. The molecule has 0 aliphatic rings. The number of nitrogens with one attached hydrogen (secondary N) is 1. The Morgan fingerprint density at radius 1 is 1.16 bits per heavy atom. The van der Waals surface area contributed by atoms with Crippen LogP contribution in [0.4, 0.5) is 0 Å². The van der Waals surface area contributed by atoms with Crippen LogP contribution in [0.3, 0.4) is 0 Å². The number of benzene rings is 2. The minimum atomic E-state index is -3.94. The lowest BCUT2D eigenvalue weighted by Gasteiger charge is -2.17. The second-order valence-corrected chi connectivity index (χ2v) is 9.06. The van der Waals surface area contributed by atoms with Crippen molar-refractivity contribution >= 4 is 27.5 Å². The predicted molar refractivity (Wildman–Crippen MR) is 116 cm³/mol. The highest BCUT2D eigenvalue weighted by molar-refractivity contribution is 7.89. The molecule has 0 saturated carbocycles. The number of nitrogens with zero attached hydrogens (tertiary/aromatic N) is 3. The molecule has 0 saturated heterocycles. The van der Waals surface area contributed by atoms with E-state index in [1.165, 1.54) is 39.5 Å². The summed E-state index contributed by atoms with van der Waals surface area (Å²) in [5, 5.41) is 6.94. The maximum Gasteiger partial charge on any atom is 0.246 e. The zero-order valence-electron chi connectivity index (χ0n) is 17.5. The molecule has 0 fully saturated rings. The van der Waals surface area contributed by atoms with Gasteiger partial charge in [0.2, 0.25) is 27.6 Å². The summed E-state index contributed by atoms with van der Waals surface area (Å²) >= 11 is 5.96. The van der Waals surface area contributed by atoms with E-state index >= 15 is 0 Å². The third-order valence-electron chi connectivity index (χ3n) is 4.42. The van der Waals surface area contributed by atoms with Gasteiger partial charge in [0.25, 0.3) is 0 Å². The third kappa shape index (κ3) is 5.36. The average molecular weight is 481 g/mol. The molecule has 0 aliphatic carbocycles. The monoisotopic (exact) mass is 480 g/mol. The van der Waals surface area contributed by atoms with Gasteiger partial charge >= 0.3 is 0 Å². The summed E-state index contributed by atoms with van der Waals surface area (Å²) in [5.74, 6) is 0.601. The van der Waals surface area contributed by atoms with Crippen LogP contribution >= 0.6 is 11.6 Å². The van der Waals surface area contributed by atoms with E-state index in [0.29, 0.717) is 22.2 Å². The normalized spacial score (nSPS) is 11.4. The Kier molecular flexibility index (Phi) is 7.33. The molecule has 1 aromatic heterocycles. The molecule has 2 aromatic carbocycles. The summed E-state index contributed by atoms with van der Waals surface area (Å²) in [6, 6.07) is 11.1. The summed E-state index contributed by atoms with van der Waals surface area (Å²) in [4.78, 5) is 16.4. The van der Waals surface area contributed by atoms with Crippen LogP contribution in [0, 0.1) is 0 Å². The molecule has 0 spiro atoms. The van der Waals surface area contributed by atoms with E-state index in [9.17, 15) is 13.2 Å². The molecule has 170 valence electrons. The van der Waals surface area contributed by atoms with E-state index in [0.717, 1.165) is 4.31 Å². The second-order valence-electron chi connectivity index (χ2n) is 6.58. The number of hydrogen-bond donors (Lipinski definition) is 1. The molecule has 1 amide bonds. The highest BCUT2D eigenvalue weighted by Crippen LogP contribution is 2.30. The number of sulfonamides is 1. The van der Waals surface area contributed by atoms with Crippen LogP contribution in [-0.4, -0.2) is 56.6 Å². The first-order valence-corrected chi connectivity index (χ1v) is 11.1. The SMILES string of the molecule is COc1ccc(S(=O)(=O)N(C)CC(=O)NCc2nc(-c3cccc(Cl)c3)no2)cc1OC. The van der Waals surface area contributed by atoms with Crippen molar-refractivity contribution in [1.29, 1.82) is 0 Å². The van der Waals surface area contributed by atoms with Crippen molar-refractivity contribution in [3.63, 3.8) is 0 Å². The fraction of sp³-hybridized carbons (Fsp3) is 0.250. The Labute approximate surface area is 190 Å². The van der Waals surface area contributed by atoms with Gasteiger partial charge in [0.05, 0.1) is 32.2 Å². The highest BCUT2D eigenvalue weighted by atomic mass is 35.5. The fourth-order valence-corrected chi connectivity index (χ4v) is 4.08. The van der Waals surface area contributed by atoms with E-state index in [4.69, 9.17) is 25.6 Å². The summed E-state index contributed by atoms with van der Waals surface area (Å²) in [5.41, 5.74) is 0.666. The maximum atomic E-state index is 12.8. The van der Waals surface area contributed by atoms with Gasteiger partial charge in [-0.05, 0) is 24.3 Å². The largest absolute Gasteiger partial charge is 0.493 e. The Morgan fingerprint density at radius 2 is 1.91 bits per heavy atom. The van der Waals surface area contributed by atoms with Crippen molar-refractivity contribution in [2.45, 2.75) is 11.4 Å². The Morgan fingerprint density at radius 3 is 2.59 bits per heavy atom. The zero-order valence-corrected chi connectivity index (χ0v) is 19.1. The first kappa shape index (κ1) is 23.5. The molecule has 0 bridgehead atoms. The van der Waals surface area contributed by atoms with E-state index in [1.807, 2.05) is 0 Å². The molecule has 3 aromatic rings. The van der Waals surface area contributed by atoms with Gasteiger partial charge in [0.15, 0.2) is 11.5 Å². The molecule has 0 unspecified atom stereocenters. The molecule has 3 rings (SSSR count). The molecule has 10 nitrogen and oxygen atoms in total. The van der Waals surface area contributed by atoms with Gasteiger partial charge < -0.3 is 19.3 Å². The predicted octanol–water partition coefficient (Wildman–Crippen LogP) is 2.34. The molecule has 1 N–H and O–H groups in total. The molecular formula is C20H21ClN4O6S. The Bertz CT molecular complexity index is 1210. The Hall–Kier alpha value is -3.15. The number of hydrogen-bond acceptors (Lipinski definition) is 8. The van der Waals surface area contributed by atoms with E-state index in [-0.39, 0.29) is 23.1 Å². The topological polar surface area (TPSA) is 124 Å². The van der Waals surface area contributed by atoms with Gasteiger partial charge in [-0.25, -0.2) is 8.42 Å². The smallest absolute Gasteiger partial charge is 0.246 e. The highest BCUT2D eigenvalue weighted by Gasteiger charge is 2.24. The van der Waals surface area contributed by atoms with Gasteiger partial charge in [-0.15, -0.1) is 0 Å². The van der Waals surface area contributed by atoms with Crippen molar-refractivity contribution in [3.05, 3.63) is 53.4 Å².